The van der Waals surface area contributed by atoms with Crippen molar-refractivity contribution in [3.05, 3.63) is 12.3 Å². The molecule has 1 fully saturated rings. The van der Waals surface area contributed by atoms with Gasteiger partial charge in [-0.3, -0.25) is 5.43 Å². The summed E-state index contributed by atoms with van der Waals surface area (Å²) in [6.45, 7) is 1.26. The molecule has 17 heavy (non-hydrogen) atoms. The van der Waals surface area contributed by atoms with E-state index in [0.29, 0.717) is 12.0 Å². The minimum atomic E-state index is 0.254. The molecule has 6 nitrogen and oxygen atoms in total. The van der Waals surface area contributed by atoms with Crippen molar-refractivity contribution in [3.8, 4) is 0 Å². The van der Waals surface area contributed by atoms with Crippen LogP contribution in [0.5, 0.6) is 0 Å². The summed E-state index contributed by atoms with van der Waals surface area (Å²) in [4.78, 5) is 10.6. The number of hydrogen-bond acceptors (Lipinski definition) is 6. The monoisotopic (exact) mass is 237 g/mol. The van der Waals surface area contributed by atoms with Gasteiger partial charge < -0.3 is 10.0 Å². The van der Waals surface area contributed by atoms with Crippen molar-refractivity contribution >= 4 is 11.8 Å². The number of nitrogens with one attached hydrogen (secondary N) is 1. The van der Waals surface area contributed by atoms with E-state index in [9.17, 15) is 0 Å². The Morgan fingerprint density at radius 3 is 3.24 bits per heavy atom. The maximum absolute atomic E-state index is 8.89. The van der Waals surface area contributed by atoms with E-state index in [4.69, 9.17) is 10.9 Å². The number of rotatable bonds is 5. The third-order valence-electron chi connectivity index (χ3n) is 3.14. The van der Waals surface area contributed by atoms with Crippen LogP contribution in [0.15, 0.2) is 12.3 Å². The molecule has 4 N–H and O–H groups in total. The van der Waals surface area contributed by atoms with E-state index < -0.39 is 0 Å². The molecule has 0 aliphatic carbocycles. The van der Waals surface area contributed by atoms with Crippen LogP contribution in [0.1, 0.15) is 25.7 Å². The zero-order chi connectivity index (χ0) is 12.1. The van der Waals surface area contributed by atoms with E-state index in [-0.39, 0.29) is 6.61 Å². The van der Waals surface area contributed by atoms with Crippen LogP contribution in [0, 0.1) is 0 Å². The summed E-state index contributed by atoms with van der Waals surface area (Å²) in [7, 11) is 0. The Bertz CT molecular complexity index is 359. The van der Waals surface area contributed by atoms with E-state index in [1.165, 1.54) is 6.42 Å². The van der Waals surface area contributed by atoms with Crippen molar-refractivity contribution in [3.63, 3.8) is 0 Å². The lowest BCUT2D eigenvalue weighted by molar-refractivity contribution is 0.279. The van der Waals surface area contributed by atoms with Crippen LogP contribution in [-0.4, -0.2) is 34.3 Å². The molecule has 2 heterocycles. The number of anilines is 2. The van der Waals surface area contributed by atoms with Crippen LogP contribution in [0.25, 0.3) is 0 Å². The number of hydrogen-bond donors (Lipinski definition) is 3. The van der Waals surface area contributed by atoms with Crippen LogP contribution >= 0.6 is 0 Å². The van der Waals surface area contributed by atoms with Crippen molar-refractivity contribution in [2.24, 2.45) is 5.84 Å². The van der Waals surface area contributed by atoms with Gasteiger partial charge in [-0.25, -0.2) is 10.8 Å². The van der Waals surface area contributed by atoms with Crippen molar-refractivity contribution in [1.82, 2.24) is 9.97 Å². The van der Waals surface area contributed by atoms with Gasteiger partial charge in [0.25, 0.3) is 0 Å². The molecule has 0 spiro atoms. The second kappa shape index (κ2) is 5.79. The molecule has 0 aromatic carbocycles. The molecule has 94 valence electrons. The zero-order valence-corrected chi connectivity index (χ0v) is 9.84. The minimum absolute atomic E-state index is 0.254. The first-order chi connectivity index (χ1) is 8.35. The fraction of sp³-hybridized carbons (Fsp3) is 0.636. The molecule has 0 amide bonds. The first kappa shape index (κ1) is 12.1. The summed E-state index contributed by atoms with van der Waals surface area (Å²) in [5.41, 5.74) is 2.46. The normalized spacial score (nSPS) is 19.6. The average molecular weight is 237 g/mol. The number of nitrogen functional groups attached to an aromatic ring is 1. The van der Waals surface area contributed by atoms with E-state index in [2.05, 4.69) is 20.3 Å². The number of nitrogens with two attached hydrogens (primary N) is 1. The highest BCUT2D eigenvalue weighted by molar-refractivity contribution is 5.44. The molecule has 1 aromatic rings. The predicted octanol–water partition coefficient (Wildman–Crippen LogP) is 0.503. The third kappa shape index (κ3) is 2.83. The molecule has 1 aliphatic rings. The largest absolute Gasteiger partial charge is 0.396 e. The minimum Gasteiger partial charge on any atom is -0.396 e. The van der Waals surface area contributed by atoms with Crippen LogP contribution in [-0.2, 0) is 0 Å². The Morgan fingerprint density at radius 2 is 2.47 bits per heavy atom. The molecule has 6 heteroatoms. The van der Waals surface area contributed by atoms with Gasteiger partial charge in [0.2, 0.25) is 5.95 Å². The molecule has 2 rings (SSSR count). The topological polar surface area (TPSA) is 87.3 Å². The van der Waals surface area contributed by atoms with E-state index in [1.807, 2.05) is 6.07 Å². The number of nitrogens with zero attached hydrogens (tertiary/aromatic N) is 3. The van der Waals surface area contributed by atoms with E-state index >= 15 is 0 Å². The zero-order valence-electron chi connectivity index (χ0n) is 9.84. The summed E-state index contributed by atoms with van der Waals surface area (Å²) in [5, 5.41) is 8.89. The van der Waals surface area contributed by atoms with Crippen LogP contribution in [0.3, 0.4) is 0 Å². The van der Waals surface area contributed by atoms with Crippen LogP contribution < -0.4 is 16.2 Å². The molecule has 1 unspecified atom stereocenters. The first-order valence-electron chi connectivity index (χ1n) is 6.02. The van der Waals surface area contributed by atoms with Crippen molar-refractivity contribution in [1.29, 1.82) is 0 Å². The number of aliphatic hydroxyl groups is 1. The van der Waals surface area contributed by atoms with Gasteiger partial charge in [-0.2, -0.15) is 4.98 Å². The Morgan fingerprint density at radius 1 is 1.59 bits per heavy atom. The molecular formula is C11H19N5O. The fourth-order valence-corrected chi connectivity index (χ4v) is 2.34. The summed E-state index contributed by atoms with van der Waals surface area (Å²) in [6.07, 6.45) is 5.89. The smallest absolute Gasteiger partial charge is 0.239 e. The van der Waals surface area contributed by atoms with Gasteiger partial charge >= 0.3 is 0 Å². The summed E-state index contributed by atoms with van der Waals surface area (Å²) < 4.78 is 0. The van der Waals surface area contributed by atoms with Gasteiger partial charge in [0.05, 0.1) is 0 Å². The highest BCUT2D eigenvalue weighted by Gasteiger charge is 2.25. The molecule has 1 saturated heterocycles. The van der Waals surface area contributed by atoms with Crippen LogP contribution in [0.4, 0.5) is 11.8 Å². The lowest BCUT2D eigenvalue weighted by atomic mass is 10.1. The Kier molecular flexibility index (Phi) is 4.11. The molecular weight excluding hydrogens is 218 g/mol. The van der Waals surface area contributed by atoms with Gasteiger partial charge in [-0.05, 0) is 31.7 Å². The molecule has 0 radical (unpaired) electrons. The lowest BCUT2D eigenvalue weighted by Gasteiger charge is -2.25. The average Bonchev–Trinajstić information content (AvgIpc) is 2.84. The molecule has 1 atom stereocenters. The van der Waals surface area contributed by atoms with Gasteiger partial charge in [-0.15, -0.1) is 0 Å². The first-order valence-corrected chi connectivity index (χ1v) is 6.02. The predicted molar refractivity (Wildman–Crippen MR) is 66.5 cm³/mol. The highest BCUT2D eigenvalue weighted by atomic mass is 16.2. The van der Waals surface area contributed by atoms with Gasteiger partial charge in [-0.1, -0.05) is 0 Å². The maximum Gasteiger partial charge on any atom is 0.239 e. The summed E-state index contributed by atoms with van der Waals surface area (Å²) in [6, 6.07) is 2.38. The van der Waals surface area contributed by atoms with E-state index in [0.717, 1.165) is 31.6 Å². The van der Waals surface area contributed by atoms with E-state index in [1.54, 1.807) is 6.20 Å². The maximum atomic E-state index is 8.89. The van der Waals surface area contributed by atoms with Gasteiger partial charge in [0.15, 0.2) is 0 Å². The fourth-order valence-electron chi connectivity index (χ4n) is 2.34. The third-order valence-corrected chi connectivity index (χ3v) is 3.14. The summed E-state index contributed by atoms with van der Waals surface area (Å²) >= 11 is 0. The quantitative estimate of drug-likeness (QED) is 0.511. The molecule has 1 aromatic heterocycles. The number of aromatic nitrogens is 2. The second-order valence-corrected chi connectivity index (χ2v) is 4.24. The molecule has 1 aliphatic heterocycles. The second-order valence-electron chi connectivity index (χ2n) is 4.24. The van der Waals surface area contributed by atoms with Crippen molar-refractivity contribution < 1.29 is 5.11 Å². The number of hydrazine groups is 1. The Labute approximate surface area is 101 Å². The van der Waals surface area contributed by atoms with Crippen LogP contribution in [0.2, 0.25) is 0 Å². The van der Waals surface area contributed by atoms with Gasteiger partial charge in [0, 0.05) is 25.4 Å². The standard InChI is InChI=1S/C11H19N5O/c12-15-11-13-6-5-10(14-11)16-7-1-3-9(16)4-2-8-17/h5-6,9,17H,1-4,7-8,12H2,(H,13,14,15). The Hall–Kier alpha value is -1.40. The number of aliphatic hydroxyl groups excluding tert-OH is 1. The molecule has 0 saturated carbocycles. The highest BCUT2D eigenvalue weighted by Crippen LogP contribution is 2.26. The van der Waals surface area contributed by atoms with Gasteiger partial charge in [0.1, 0.15) is 5.82 Å². The summed E-state index contributed by atoms with van der Waals surface area (Å²) in [5.74, 6) is 6.66. The van der Waals surface area contributed by atoms with Crippen molar-refractivity contribution in [2.45, 2.75) is 31.7 Å². The lowest BCUT2D eigenvalue weighted by Crippen LogP contribution is -2.30. The Balaban J connectivity index is 2.08. The van der Waals surface area contributed by atoms with Crippen molar-refractivity contribution in [2.75, 3.05) is 23.5 Å². The SMILES string of the molecule is NNc1nccc(N2CCCC2CCCO)n1. The molecule has 0 bridgehead atoms.